The third-order valence-corrected chi connectivity index (χ3v) is 3.69. The maximum Gasteiger partial charge on any atom is 0.411 e. The van der Waals surface area contributed by atoms with Crippen LogP contribution in [-0.2, 0) is 0 Å². The number of thioether (sulfide) groups is 1. The van der Waals surface area contributed by atoms with Crippen LogP contribution in [0.25, 0.3) is 0 Å². The van der Waals surface area contributed by atoms with Crippen molar-refractivity contribution in [1.29, 1.82) is 0 Å². The van der Waals surface area contributed by atoms with E-state index in [9.17, 15) is 9.90 Å². The number of aryl methyl sites for hydroxylation is 2. The van der Waals surface area contributed by atoms with Crippen LogP contribution < -0.4 is 4.90 Å². The molecule has 1 amide bonds. The topological polar surface area (TPSA) is 40.5 Å². The summed E-state index contributed by atoms with van der Waals surface area (Å²) in [4.78, 5) is 13.8. The van der Waals surface area contributed by atoms with E-state index in [4.69, 9.17) is 0 Å². The van der Waals surface area contributed by atoms with Gasteiger partial charge in [-0.2, -0.15) is 0 Å². The van der Waals surface area contributed by atoms with Gasteiger partial charge in [0.15, 0.2) is 0 Å². The molecule has 0 aliphatic carbocycles. The number of hydrogen-bond donors (Lipinski definition) is 1. The fourth-order valence-electron chi connectivity index (χ4n) is 1.96. The van der Waals surface area contributed by atoms with E-state index >= 15 is 0 Å². The minimum absolute atomic E-state index is 0.535. The summed E-state index contributed by atoms with van der Waals surface area (Å²) in [5.74, 6) is 0. The minimum atomic E-state index is -0.887. The summed E-state index contributed by atoms with van der Waals surface area (Å²) in [7, 11) is 0. The largest absolute Gasteiger partial charge is 0.465 e. The molecule has 0 radical (unpaired) electrons. The van der Waals surface area contributed by atoms with Crippen molar-refractivity contribution >= 4 is 23.5 Å². The lowest BCUT2D eigenvalue weighted by Gasteiger charge is -2.20. The molecule has 4 heteroatoms. The van der Waals surface area contributed by atoms with Gasteiger partial charge in [-0.25, -0.2) is 4.79 Å². The summed E-state index contributed by atoms with van der Waals surface area (Å²) in [6, 6.07) is 3.89. The Labute approximate surface area is 107 Å². The number of carbonyl (C=O) groups is 1. The Morgan fingerprint density at radius 1 is 1.35 bits per heavy atom. The molecule has 0 aromatic heterocycles. The highest BCUT2D eigenvalue weighted by Gasteiger charge is 2.15. The van der Waals surface area contributed by atoms with E-state index in [1.807, 2.05) is 39.2 Å². The average molecular weight is 253 g/mol. The van der Waals surface area contributed by atoms with E-state index in [0.717, 1.165) is 23.2 Å². The van der Waals surface area contributed by atoms with Crippen molar-refractivity contribution in [3.8, 4) is 0 Å². The molecule has 0 aliphatic heterocycles. The Hall–Kier alpha value is -1.16. The summed E-state index contributed by atoms with van der Waals surface area (Å²) in [6.45, 7) is 6.56. The van der Waals surface area contributed by atoms with Crippen LogP contribution in [-0.4, -0.2) is 24.0 Å². The van der Waals surface area contributed by atoms with Crippen LogP contribution in [0.5, 0.6) is 0 Å². The quantitative estimate of drug-likeness (QED) is 0.827. The van der Waals surface area contributed by atoms with Crippen LogP contribution in [0.2, 0.25) is 0 Å². The molecule has 0 atom stereocenters. The van der Waals surface area contributed by atoms with Crippen LogP contribution in [0, 0.1) is 13.8 Å². The first-order valence-corrected chi connectivity index (χ1v) is 6.89. The molecule has 94 valence electrons. The van der Waals surface area contributed by atoms with Gasteiger partial charge in [0, 0.05) is 17.1 Å². The Bertz CT molecular complexity index is 395. The third kappa shape index (κ3) is 3.16. The van der Waals surface area contributed by atoms with Crippen LogP contribution in [0.15, 0.2) is 17.0 Å². The lowest BCUT2D eigenvalue weighted by atomic mass is 10.1. The molecule has 0 fully saturated rings. The molecule has 3 nitrogen and oxygen atoms in total. The zero-order valence-corrected chi connectivity index (χ0v) is 11.6. The van der Waals surface area contributed by atoms with Crippen molar-refractivity contribution in [2.45, 2.75) is 32.1 Å². The van der Waals surface area contributed by atoms with Crippen molar-refractivity contribution in [1.82, 2.24) is 0 Å². The van der Waals surface area contributed by atoms with Crippen molar-refractivity contribution in [3.05, 3.63) is 23.3 Å². The Morgan fingerprint density at radius 2 is 1.88 bits per heavy atom. The van der Waals surface area contributed by atoms with Crippen molar-refractivity contribution in [2.24, 2.45) is 0 Å². The van der Waals surface area contributed by atoms with Crippen molar-refractivity contribution in [3.63, 3.8) is 0 Å². The summed E-state index contributed by atoms with van der Waals surface area (Å²) in [6.07, 6.45) is 1.97. The predicted molar refractivity (Wildman–Crippen MR) is 73.4 cm³/mol. The molecule has 1 rings (SSSR count). The summed E-state index contributed by atoms with van der Waals surface area (Å²) in [5, 5.41) is 9.19. The second-order valence-corrected chi connectivity index (χ2v) is 4.86. The van der Waals surface area contributed by atoms with E-state index in [-0.39, 0.29) is 0 Å². The Balaban J connectivity index is 3.17. The molecule has 0 saturated carbocycles. The fraction of sp³-hybridized carbons (Fsp3) is 0.462. The Kier molecular flexibility index (Phi) is 4.87. The summed E-state index contributed by atoms with van der Waals surface area (Å²) in [5.41, 5.74) is 3.04. The standard InChI is InChI=1S/C13H19NO2S/c1-5-6-14(13(15)16)11-7-9(2)12(17-4)10(3)8-11/h7-8H,5-6H2,1-4H3,(H,15,16). The SMILES string of the molecule is CCCN(C(=O)O)c1cc(C)c(SC)c(C)c1. The number of nitrogens with zero attached hydrogens (tertiary/aromatic N) is 1. The molecule has 1 N–H and O–H groups in total. The molecule has 17 heavy (non-hydrogen) atoms. The molecule has 0 aliphatic rings. The van der Waals surface area contributed by atoms with Crippen molar-refractivity contribution < 1.29 is 9.90 Å². The van der Waals surface area contributed by atoms with Gasteiger partial charge in [-0.1, -0.05) is 6.92 Å². The predicted octanol–water partition coefficient (Wildman–Crippen LogP) is 3.92. The molecular weight excluding hydrogens is 234 g/mol. The molecule has 0 bridgehead atoms. The number of rotatable bonds is 4. The second kappa shape index (κ2) is 5.96. The highest BCUT2D eigenvalue weighted by molar-refractivity contribution is 7.98. The van der Waals surface area contributed by atoms with Crippen LogP contribution in [0.4, 0.5) is 10.5 Å². The van der Waals surface area contributed by atoms with Gasteiger partial charge in [0.1, 0.15) is 0 Å². The zero-order valence-electron chi connectivity index (χ0n) is 10.8. The first kappa shape index (κ1) is 13.9. The van der Waals surface area contributed by atoms with Gasteiger partial charge in [-0.3, -0.25) is 4.90 Å². The monoisotopic (exact) mass is 253 g/mol. The molecule has 1 aromatic carbocycles. The number of carboxylic acid groups (broad SMARTS) is 1. The van der Waals surface area contributed by atoms with Crippen LogP contribution >= 0.6 is 11.8 Å². The van der Waals surface area contributed by atoms with Gasteiger partial charge in [0.2, 0.25) is 0 Å². The molecule has 0 saturated heterocycles. The van der Waals surface area contributed by atoms with Gasteiger partial charge in [-0.05, 0) is 49.8 Å². The van der Waals surface area contributed by atoms with E-state index in [1.165, 1.54) is 9.80 Å². The van der Waals surface area contributed by atoms with Gasteiger partial charge >= 0.3 is 6.09 Å². The van der Waals surface area contributed by atoms with Crippen molar-refractivity contribution in [2.75, 3.05) is 17.7 Å². The number of benzene rings is 1. The van der Waals surface area contributed by atoms with E-state index in [2.05, 4.69) is 0 Å². The van der Waals surface area contributed by atoms with Gasteiger partial charge in [-0.15, -0.1) is 11.8 Å². The number of anilines is 1. The van der Waals surface area contributed by atoms with E-state index in [0.29, 0.717) is 6.54 Å². The molecule has 0 heterocycles. The number of amides is 1. The first-order chi connectivity index (χ1) is 8.01. The maximum atomic E-state index is 11.2. The third-order valence-electron chi connectivity index (χ3n) is 2.64. The van der Waals surface area contributed by atoms with Crippen LogP contribution in [0.1, 0.15) is 24.5 Å². The fourth-order valence-corrected chi connectivity index (χ4v) is 2.73. The number of hydrogen-bond acceptors (Lipinski definition) is 2. The minimum Gasteiger partial charge on any atom is -0.465 e. The summed E-state index contributed by atoms with van der Waals surface area (Å²) < 4.78 is 0. The van der Waals surface area contributed by atoms with E-state index < -0.39 is 6.09 Å². The molecular formula is C13H19NO2S. The smallest absolute Gasteiger partial charge is 0.411 e. The molecule has 1 aromatic rings. The maximum absolute atomic E-state index is 11.2. The van der Waals surface area contributed by atoms with E-state index in [1.54, 1.807) is 11.8 Å². The lowest BCUT2D eigenvalue weighted by molar-refractivity contribution is 0.202. The van der Waals surface area contributed by atoms with Gasteiger partial charge in [0.05, 0.1) is 0 Å². The summed E-state index contributed by atoms with van der Waals surface area (Å²) >= 11 is 1.70. The highest BCUT2D eigenvalue weighted by Crippen LogP contribution is 2.29. The molecule has 0 unspecified atom stereocenters. The average Bonchev–Trinajstić information content (AvgIpc) is 2.24. The molecule has 0 spiro atoms. The second-order valence-electron chi connectivity index (χ2n) is 4.05. The lowest BCUT2D eigenvalue weighted by Crippen LogP contribution is -2.30. The normalized spacial score (nSPS) is 10.4. The Morgan fingerprint density at radius 3 is 2.24 bits per heavy atom. The highest BCUT2D eigenvalue weighted by atomic mass is 32.2. The van der Waals surface area contributed by atoms with Gasteiger partial charge < -0.3 is 5.11 Å². The van der Waals surface area contributed by atoms with Gasteiger partial charge in [0.25, 0.3) is 0 Å². The van der Waals surface area contributed by atoms with Crippen LogP contribution in [0.3, 0.4) is 0 Å². The zero-order chi connectivity index (χ0) is 13.0. The first-order valence-electron chi connectivity index (χ1n) is 5.67.